The van der Waals surface area contributed by atoms with Gasteiger partial charge in [0, 0.05) is 11.4 Å². The molecule has 16 heavy (non-hydrogen) atoms. The van der Waals surface area contributed by atoms with Crippen LogP contribution in [0.5, 0.6) is 0 Å². The summed E-state index contributed by atoms with van der Waals surface area (Å²) in [4.78, 5) is 1.41. The molecule has 1 unspecified atom stereocenters. The summed E-state index contributed by atoms with van der Waals surface area (Å²) in [6, 6.07) is 4.70. The molecule has 0 radical (unpaired) electrons. The first-order valence-electron chi connectivity index (χ1n) is 6.08. The lowest BCUT2D eigenvalue weighted by Gasteiger charge is -2.25. The summed E-state index contributed by atoms with van der Waals surface area (Å²) in [6.07, 6.45) is 4.81. The average molecular weight is 235 g/mol. The Labute approximate surface area is 103 Å². The molecule has 0 aliphatic carbocycles. The van der Waals surface area contributed by atoms with Crippen LogP contribution in [-0.4, -0.2) is 19.3 Å². The van der Waals surface area contributed by atoms with Gasteiger partial charge >= 0.3 is 0 Å². The van der Waals surface area contributed by atoms with Gasteiger partial charge in [-0.3, -0.25) is 0 Å². The van der Waals surface area contributed by atoms with Crippen LogP contribution in [0, 0.1) is 13.8 Å². The molecular weight excluding hydrogens is 214 g/mol. The highest BCUT2D eigenvalue weighted by Gasteiger charge is 2.18. The fourth-order valence-electron chi connectivity index (χ4n) is 2.51. The van der Waals surface area contributed by atoms with E-state index in [9.17, 15) is 0 Å². The van der Waals surface area contributed by atoms with Crippen molar-refractivity contribution in [1.82, 2.24) is 5.32 Å². The Bertz CT molecular complexity index is 367. The van der Waals surface area contributed by atoms with Gasteiger partial charge in [0.1, 0.15) is 0 Å². The summed E-state index contributed by atoms with van der Waals surface area (Å²) in [7, 11) is 0. The van der Waals surface area contributed by atoms with Crippen molar-refractivity contribution in [2.24, 2.45) is 0 Å². The fourth-order valence-corrected chi connectivity index (χ4v) is 3.05. The van der Waals surface area contributed by atoms with E-state index in [1.807, 2.05) is 11.8 Å². The molecule has 1 N–H and O–H groups in total. The lowest BCUT2D eigenvalue weighted by Crippen LogP contribution is -2.28. The standard InChI is InChI=1S/C14H21NS/c1-10-7-13(16-3)8-14(11(10)2)12-5-4-6-15-9-12/h7-8,12,15H,4-6,9H2,1-3H3. The Hall–Kier alpha value is -0.470. The first-order chi connectivity index (χ1) is 7.72. The summed E-state index contributed by atoms with van der Waals surface area (Å²) in [6.45, 7) is 6.84. The number of nitrogens with one attached hydrogen (secondary N) is 1. The number of thioether (sulfide) groups is 1. The summed E-state index contributed by atoms with van der Waals surface area (Å²) in [5, 5.41) is 3.51. The summed E-state index contributed by atoms with van der Waals surface area (Å²) in [5.74, 6) is 0.722. The SMILES string of the molecule is CSc1cc(C)c(C)c(C2CCCNC2)c1. The third-order valence-electron chi connectivity index (χ3n) is 3.65. The third kappa shape index (κ3) is 2.44. The van der Waals surface area contributed by atoms with E-state index < -0.39 is 0 Å². The van der Waals surface area contributed by atoms with Gasteiger partial charge in [0.15, 0.2) is 0 Å². The molecule has 0 amide bonds. The summed E-state index contributed by atoms with van der Waals surface area (Å²) >= 11 is 1.85. The Morgan fingerprint density at radius 2 is 2.12 bits per heavy atom. The van der Waals surface area contributed by atoms with Gasteiger partial charge in [0.2, 0.25) is 0 Å². The molecule has 1 aromatic rings. The number of benzene rings is 1. The quantitative estimate of drug-likeness (QED) is 0.788. The van der Waals surface area contributed by atoms with Gasteiger partial charge in [-0.15, -0.1) is 11.8 Å². The summed E-state index contributed by atoms with van der Waals surface area (Å²) in [5.41, 5.74) is 4.50. The van der Waals surface area contributed by atoms with E-state index in [1.165, 1.54) is 35.4 Å². The van der Waals surface area contributed by atoms with Crippen molar-refractivity contribution in [3.05, 3.63) is 28.8 Å². The van der Waals surface area contributed by atoms with E-state index in [2.05, 4.69) is 37.6 Å². The van der Waals surface area contributed by atoms with E-state index in [-0.39, 0.29) is 0 Å². The minimum atomic E-state index is 0.722. The molecule has 1 aliphatic rings. The molecule has 1 fully saturated rings. The van der Waals surface area contributed by atoms with Crippen LogP contribution in [0.2, 0.25) is 0 Å². The first kappa shape index (κ1) is 12.0. The molecule has 2 heteroatoms. The number of piperidine rings is 1. The Balaban J connectivity index is 2.33. The minimum Gasteiger partial charge on any atom is -0.316 e. The molecular formula is C14H21NS. The third-order valence-corrected chi connectivity index (χ3v) is 4.36. The van der Waals surface area contributed by atoms with Gasteiger partial charge in [0.25, 0.3) is 0 Å². The monoisotopic (exact) mass is 235 g/mol. The van der Waals surface area contributed by atoms with Crippen LogP contribution < -0.4 is 5.32 Å². The van der Waals surface area contributed by atoms with Crippen LogP contribution in [0.4, 0.5) is 0 Å². The lowest BCUT2D eigenvalue weighted by molar-refractivity contribution is 0.460. The van der Waals surface area contributed by atoms with Crippen LogP contribution in [0.1, 0.15) is 35.4 Å². The average Bonchev–Trinajstić information content (AvgIpc) is 2.33. The largest absolute Gasteiger partial charge is 0.316 e. The molecule has 0 saturated carbocycles. The first-order valence-corrected chi connectivity index (χ1v) is 7.30. The van der Waals surface area contributed by atoms with E-state index in [4.69, 9.17) is 0 Å². The van der Waals surface area contributed by atoms with E-state index >= 15 is 0 Å². The number of aryl methyl sites for hydroxylation is 1. The van der Waals surface area contributed by atoms with Gasteiger partial charge in [-0.25, -0.2) is 0 Å². The number of hydrogen-bond donors (Lipinski definition) is 1. The second-order valence-corrected chi connectivity index (χ2v) is 5.58. The van der Waals surface area contributed by atoms with E-state index in [0.29, 0.717) is 0 Å². The van der Waals surface area contributed by atoms with Gasteiger partial charge in [-0.1, -0.05) is 0 Å². The molecule has 88 valence electrons. The maximum Gasteiger partial charge on any atom is 0.00748 e. The molecule has 1 heterocycles. The molecule has 0 bridgehead atoms. The lowest BCUT2D eigenvalue weighted by atomic mass is 9.87. The molecule has 2 rings (SSSR count). The van der Waals surface area contributed by atoms with Crippen molar-refractivity contribution < 1.29 is 0 Å². The maximum absolute atomic E-state index is 3.51. The second kappa shape index (κ2) is 5.24. The van der Waals surface area contributed by atoms with Crippen LogP contribution in [-0.2, 0) is 0 Å². The zero-order valence-electron chi connectivity index (χ0n) is 10.5. The Morgan fingerprint density at radius 3 is 2.75 bits per heavy atom. The van der Waals surface area contributed by atoms with Crippen LogP contribution in [0.25, 0.3) is 0 Å². The predicted molar refractivity (Wildman–Crippen MR) is 72.5 cm³/mol. The van der Waals surface area contributed by atoms with Crippen LogP contribution in [0.3, 0.4) is 0 Å². The summed E-state index contributed by atoms with van der Waals surface area (Å²) < 4.78 is 0. The van der Waals surface area contributed by atoms with Gasteiger partial charge < -0.3 is 5.32 Å². The van der Waals surface area contributed by atoms with Gasteiger partial charge in [0.05, 0.1) is 0 Å². The van der Waals surface area contributed by atoms with Crippen molar-refractivity contribution in [2.45, 2.75) is 37.5 Å². The van der Waals surface area contributed by atoms with Crippen LogP contribution in [0.15, 0.2) is 17.0 Å². The van der Waals surface area contributed by atoms with E-state index in [0.717, 1.165) is 12.5 Å². The zero-order chi connectivity index (χ0) is 11.5. The van der Waals surface area contributed by atoms with E-state index in [1.54, 1.807) is 5.56 Å². The molecule has 1 nitrogen and oxygen atoms in total. The second-order valence-electron chi connectivity index (χ2n) is 4.70. The maximum atomic E-state index is 3.51. The van der Waals surface area contributed by atoms with Crippen molar-refractivity contribution in [1.29, 1.82) is 0 Å². The molecule has 1 aliphatic heterocycles. The highest BCUT2D eigenvalue weighted by molar-refractivity contribution is 7.98. The predicted octanol–water partition coefficient (Wildman–Crippen LogP) is 3.49. The van der Waals surface area contributed by atoms with Gasteiger partial charge in [-0.05, 0) is 74.2 Å². The minimum absolute atomic E-state index is 0.722. The highest BCUT2D eigenvalue weighted by atomic mass is 32.2. The molecule has 1 saturated heterocycles. The molecule has 1 atom stereocenters. The van der Waals surface area contributed by atoms with Crippen molar-refractivity contribution in [2.75, 3.05) is 19.3 Å². The Kier molecular flexibility index (Phi) is 3.93. The van der Waals surface area contributed by atoms with Crippen LogP contribution >= 0.6 is 11.8 Å². The highest BCUT2D eigenvalue weighted by Crippen LogP contribution is 2.31. The molecule has 1 aromatic carbocycles. The fraction of sp³-hybridized carbons (Fsp3) is 0.571. The van der Waals surface area contributed by atoms with Crippen molar-refractivity contribution >= 4 is 11.8 Å². The Morgan fingerprint density at radius 1 is 1.31 bits per heavy atom. The molecule has 0 aromatic heterocycles. The number of rotatable bonds is 2. The normalized spacial score (nSPS) is 21.1. The van der Waals surface area contributed by atoms with Crippen molar-refractivity contribution in [3.8, 4) is 0 Å². The zero-order valence-corrected chi connectivity index (χ0v) is 11.3. The molecule has 0 spiro atoms. The topological polar surface area (TPSA) is 12.0 Å². The van der Waals surface area contributed by atoms with Crippen molar-refractivity contribution in [3.63, 3.8) is 0 Å². The smallest absolute Gasteiger partial charge is 0.00748 e. The number of hydrogen-bond acceptors (Lipinski definition) is 2. The van der Waals surface area contributed by atoms with Gasteiger partial charge in [-0.2, -0.15) is 0 Å².